The molecule has 6 aromatic rings. The molecule has 0 unspecified atom stereocenters. The third kappa shape index (κ3) is 13.4. The fraction of sp³-hybridized carbons (Fsp3) is 0.273. The van der Waals surface area contributed by atoms with Gasteiger partial charge in [-0.2, -0.15) is 21.9 Å². The lowest BCUT2D eigenvalue weighted by atomic mass is 10.1. The van der Waals surface area contributed by atoms with Crippen molar-refractivity contribution in [2.75, 3.05) is 30.0 Å². The number of ether oxygens (including phenoxy) is 2. The van der Waals surface area contributed by atoms with Crippen molar-refractivity contribution in [2.24, 2.45) is 12.1 Å². The lowest BCUT2D eigenvalue weighted by Crippen LogP contribution is -2.34. The zero-order valence-electron chi connectivity index (χ0n) is 35.4. The second-order valence-corrected chi connectivity index (χ2v) is 16.9. The van der Waals surface area contributed by atoms with Gasteiger partial charge < -0.3 is 19.4 Å². The first-order chi connectivity index (χ1) is 30.6. The number of benzene rings is 4. The largest absolute Gasteiger partial charge is 0.466 e. The average molecular weight is 916 g/mol. The van der Waals surface area contributed by atoms with Crippen molar-refractivity contribution in [1.82, 2.24) is 20.0 Å². The van der Waals surface area contributed by atoms with E-state index in [1.54, 1.807) is 49.7 Å². The Morgan fingerprint density at radius 1 is 0.828 bits per heavy atom. The van der Waals surface area contributed by atoms with E-state index < -0.39 is 36.1 Å². The van der Waals surface area contributed by atoms with E-state index >= 15 is 0 Å². The number of amides is 2. The van der Waals surface area contributed by atoms with E-state index in [1.165, 1.54) is 29.2 Å². The number of esters is 1. The van der Waals surface area contributed by atoms with E-state index in [0.717, 1.165) is 60.4 Å². The van der Waals surface area contributed by atoms with Crippen molar-refractivity contribution in [3.8, 4) is 0 Å². The quantitative estimate of drug-likeness (QED) is 0.0220. The number of pyridine rings is 1. The highest BCUT2D eigenvalue weighted by atomic mass is 32.2. The molecule has 20 heteroatoms. The van der Waals surface area contributed by atoms with Crippen molar-refractivity contribution < 1.29 is 49.8 Å². The van der Waals surface area contributed by atoms with E-state index in [4.69, 9.17) is 23.6 Å². The Balaban J connectivity index is 0.000000355. The smallest absolute Gasteiger partial charge is 0.427 e. The van der Waals surface area contributed by atoms with Crippen LogP contribution in [0.2, 0.25) is 0 Å². The van der Waals surface area contributed by atoms with Gasteiger partial charge in [-0.3, -0.25) is 23.6 Å². The molecule has 0 bridgehead atoms. The van der Waals surface area contributed by atoms with Gasteiger partial charge in [-0.05, 0) is 73.5 Å². The van der Waals surface area contributed by atoms with Gasteiger partial charge in [-0.1, -0.05) is 68.7 Å². The second kappa shape index (κ2) is 22.6. The summed E-state index contributed by atoms with van der Waals surface area (Å²) in [7, 11) is -7.01. The van der Waals surface area contributed by atoms with Gasteiger partial charge in [0.15, 0.2) is 0 Å². The number of imidazole rings is 1. The van der Waals surface area contributed by atoms with E-state index in [-0.39, 0.29) is 42.2 Å². The summed E-state index contributed by atoms with van der Waals surface area (Å²) in [6.45, 7) is 5.13. The van der Waals surface area contributed by atoms with E-state index in [0.29, 0.717) is 30.0 Å². The molecule has 0 saturated heterocycles. The monoisotopic (exact) mass is 915 g/mol. The number of carbonyl (C=O) groups is 3. The second-order valence-electron chi connectivity index (χ2n) is 14.1. The highest BCUT2D eigenvalue weighted by Gasteiger charge is 2.22. The first-order valence-corrected chi connectivity index (χ1v) is 23.1. The number of nitrogens with one attached hydrogen (secondary N) is 2. The number of hydrogen-bond donors (Lipinski definition) is 4. The molecule has 0 radical (unpaired) electrons. The van der Waals surface area contributed by atoms with Crippen molar-refractivity contribution in [2.45, 2.75) is 62.3 Å². The molecular formula is C44H49N7O11S2. The van der Waals surface area contributed by atoms with Gasteiger partial charge in [0.25, 0.3) is 26.1 Å². The molecule has 0 spiro atoms. The number of aromatic nitrogens is 3. The summed E-state index contributed by atoms with van der Waals surface area (Å²) in [6, 6.07) is 25.8. The summed E-state index contributed by atoms with van der Waals surface area (Å²) in [6.07, 6.45) is 6.79. The molecule has 0 aliphatic rings. The van der Waals surface area contributed by atoms with Crippen LogP contribution in [-0.2, 0) is 48.1 Å². The fourth-order valence-corrected chi connectivity index (χ4v) is 7.84. The number of anilines is 2. The minimum absolute atomic E-state index is 0.0233. The Labute approximate surface area is 370 Å². The molecule has 0 aliphatic carbocycles. The predicted octanol–water partition coefficient (Wildman–Crippen LogP) is 7.15. The zero-order valence-corrected chi connectivity index (χ0v) is 37.0. The Bertz CT molecular complexity index is 2750. The summed E-state index contributed by atoms with van der Waals surface area (Å²) in [5.41, 5.74) is 6.07. The van der Waals surface area contributed by atoms with Gasteiger partial charge in [0.1, 0.15) is 21.4 Å². The van der Waals surface area contributed by atoms with Crippen molar-refractivity contribution in [3.63, 3.8) is 0 Å². The maximum Gasteiger partial charge on any atom is 0.427 e. The van der Waals surface area contributed by atoms with Crippen LogP contribution in [0.4, 0.5) is 16.3 Å². The minimum atomic E-state index is -4.47. The number of carbonyl (C=O) groups excluding carboxylic acids is 3. The Kier molecular flexibility index (Phi) is 17.0. The number of fused-ring (bicyclic) bond motifs is 2. The third-order valence-electron chi connectivity index (χ3n) is 9.60. The molecule has 338 valence electrons. The predicted molar refractivity (Wildman–Crippen MR) is 241 cm³/mol. The van der Waals surface area contributed by atoms with E-state index in [1.807, 2.05) is 41.9 Å². The van der Waals surface area contributed by atoms with E-state index in [2.05, 4.69) is 27.8 Å². The molecule has 64 heavy (non-hydrogen) atoms. The maximum atomic E-state index is 13.6. The molecule has 0 atom stereocenters. The molecule has 0 fully saturated rings. The van der Waals surface area contributed by atoms with Crippen LogP contribution in [0.1, 0.15) is 67.7 Å². The molecule has 0 aliphatic heterocycles. The standard InChI is InChI=1S/C34H41N7O5.C10H8O6S2/c1-4-6-7-10-21-46-34(44)39-37-23-25-12-15-27(16-13-25)36-24-31-38-28-22-26(14-17-29(28)40(31)3)33(43)41(20-18-32(42)45-5-2)30-11-8-9-19-35-30;11-17(12,13)9-5-1-3-7-8(9)4-2-6-10(7)18(14,15)16/h8-9,11-17,19,22-23,36H,4-7,10,18,20-21,24H2,1-3H3,(H,39,44);1-6H,(H,11,12,13)(H,14,15,16)/b37-23+;. The first kappa shape index (κ1) is 48.3. The van der Waals surface area contributed by atoms with Gasteiger partial charge in [0.2, 0.25) is 0 Å². The normalized spacial score (nSPS) is 11.5. The number of nitrogens with zero attached hydrogens (tertiary/aromatic N) is 5. The Morgan fingerprint density at radius 3 is 2.12 bits per heavy atom. The van der Waals surface area contributed by atoms with Crippen LogP contribution in [0.5, 0.6) is 0 Å². The number of hydrazone groups is 1. The molecule has 2 aromatic heterocycles. The van der Waals surface area contributed by atoms with Crippen molar-refractivity contribution in [1.29, 1.82) is 0 Å². The molecule has 18 nitrogen and oxygen atoms in total. The molecule has 0 saturated carbocycles. The summed E-state index contributed by atoms with van der Waals surface area (Å²) in [5, 5.41) is 7.37. The maximum absolute atomic E-state index is 13.6. The molecule has 6 rings (SSSR count). The van der Waals surface area contributed by atoms with Crippen molar-refractivity contribution >= 4 is 77.7 Å². The summed E-state index contributed by atoms with van der Waals surface area (Å²) >= 11 is 0. The molecular weight excluding hydrogens is 867 g/mol. The highest BCUT2D eigenvalue weighted by Crippen LogP contribution is 2.28. The molecule has 4 aromatic carbocycles. The van der Waals surface area contributed by atoms with Crippen LogP contribution in [0.3, 0.4) is 0 Å². The third-order valence-corrected chi connectivity index (χ3v) is 11.4. The Hall–Kier alpha value is -6.74. The van der Waals surface area contributed by atoms with Gasteiger partial charge in [-0.25, -0.2) is 20.2 Å². The molecule has 4 N–H and O–H groups in total. The van der Waals surface area contributed by atoms with Crippen LogP contribution in [0.25, 0.3) is 21.8 Å². The summed E-state index contributed by atoms with van der Waals surface area (Å²) in [4.78, 5) is 47.1. The van der Waals surface area contributed by atoms with Crippen LogP contribution in [0.15, 0.2) is 118 Å². The van der Waals surface area contributed by atoms with Crippen LogP contribution < -0.4 is 15.6 Å². The lowest BCUT2D eigenvalue weighted by Gasteiger charge is -2.21. The zero-order chi connectivity index (χ0) is 46.3. The van der Waals surface area contributed by atoms with Gasteiger partial charge in [0, 0.05) is 41.8 Å². The van der Waals surface area contributed by atoms with Crippen LogP contribution >= 0.6 is 0 Å². The highest BCUT2D eigenvalue weighted by molar-refractivity contribution is 7.86. The van der Waals surface area contributed by atoms with Crippen molar-refractivity contribution in [3.05, 3.63) is 120 Å². The molecule has 2 amide bonds. The van der Waals surface area contributed by atoms with Crippen LogP contribution in [-0.4, -0.2) is 84.4 Å². The fourth-order valence-electron chi connectivity index (χ4n) is 6.42. The Morgan fingerprint density at radius 2 is 1.52 bits per heavy atom. The number of unbranched alkanes of at least 4 members (excludes halogenated alkanes) is 3. The van der Waals surface area contributed by atoms with Gasteiger partial charge >= 0.3 is 12.1 Å². The summed E-state index contributed by atoms with van der Waals surface area (Å²) in [5.74, 6) is 0.575. The lowest BCUT2D eigenvalue weighted by molar-refractivity contribution is -0.142. The number of aryl methyl sites for hydroxylation is 1. The first-order valence-electron chi connectivity index (χ1n) is 20.2. The van der Waals surface area contributed by atoms with Gasteiger partial charge in [0.05, 0.1) is 43.4 Å². The van der Waals surface area contributed by atoms with Crippen LogP contribution in [0, 0.1) is 0 Å². The van der Waals surface area contributed by atoms with E-state index in [9.17, 15) is 31.2 Å². The summed E-state index contributed by atoms with van der Waals surface area (Å²) < 4.78 is 74.8. The topological polar surface area (TPSA) is 249 Å². The number of rotatable bonds is 18. The number of hydrogen-bond acceptors (Lipinski definition) is 13. The minimum Gasteiger partial charge on any atom is -0.466 e. The average Bonchev–Trinajstić information content (AvgIpc) is 3.59. The molecule has 2 heterocycles. The SMILES string of the molecule is CCCCCCOC(=O)N/N=C/c1ccc(NCc2nc3cc(C(=O)N(CCC(=O)OCC)c4ccccn4)ccc3n2C)cc1.O=S(=O)(O)c1cccc2c(S(=O)(=O)O)cccc12. The van der Waals surface area contributed by atoms with Gasteiger partial charge in [-0.15, -0.1) is 0 Å².